The van der Waals surface area contributed by atoms with Crippen molar-refractivity contribution in [1.82, 2.24) is 4.90 Å². The molecular formula is C19H17ClFN3OS. The Morgan fingerprint density at radius 3 is 2.54 bits per heavy atom. The monoisotopic (exact) mass is 389 g/mol. The number of amides is 1. The minimum atomic E-state index is -0.302. The molecule has 0 saturated carbocycles. The van der Waals surface area contributed by atoms with Gasteiger partial charge in [-0.1, -0.05) is 54.6 Å². The number of benzene rings is 2. The van der Waals surface area contributed by atoms with Gasteiger partial charge in [0.05, 0.1) is 18.0 Å². The van der Waals surface area contributed by atoms with E-state index in [2.05, 4.69) is 10.2 Å². The summed E-state index contributed by atoms with van der Waals surface area (Å²) in [6.45, 7) is 2.31. The molecule has 1 heterocycles. The van der Waals surface area contributed by atoms with E-state index >= 15 is 0 Å². The molecule has 1 saturated heterocycles. The maximum atomic E-state index is 13.1. The number of carbonyl (C=O) groups is 1. The Balaban J connectivity index is 1.78. The standard InChI is InChI=1S/C19H17ClFN3OS/c1-2-17-18(25)24(12-14-5-9-16(21)10-6-14)19(26-17)23-22-11-13-3-7-15(20)8-4-13/h3-11,17H,2,12H2,1H3/b22-11+,23-19+. The molecule has 1 atom stereocenters. The Bertz CT molecular complexity index is 837. The molecule has 1 aliphatic rings. The van der Waals surface area contributed by atoms with Crippen LogP contribution in [-0.2, 0) is 11.3 Å². The largest absolute Gasteiger partial charge is 0.284 e. The molecular weight excluding hydrogens is 373 g/mol. The fourth-order valence-corrected chi connectivity index (χ4v) is 3.61. The number of thioether (sulfide) groups is 1. The van der Waals surface area contributed by atoms with E-state index in [1.165, 1.54) is 23.9 Å². The van der Waals surface area contributed by atoms with Crippen molar-refractivity contribution in [2.24, 2.45) is 10.2 Å². The van der Waals surface area contributed by atoms with Crippen LogP contribution >= 0.6 is 23.4 Å². The maximum Gasteiger partial charge on any atom is 0.242 e. The summed E-state index contributed by atoms with van der Waals surface area (Å²) in [5, 5.41) is 9.38. The second-order valence-corrected chi connectivity index (χ2v) is 7.35. The molecule has 0 spiro atoms. The summed E-state index contributed by atoms with van der Waals surface area (Å²) in [6.07, 6.45) is 2.33. The van der Waals surface area contributed by atoms with Crippen LogP contribution in [0.1, 0.15) is 24.5 Å². The normalized spacial score (nSPS) is 19.0. The molecule has 4 nitrogen and oxygen atoms in total. The Morgan fingerprint density at radius 2 is 1.88 bits per heavy atom. The quantitative estimate of drug-likeness (QED) is 0.548. The van der Waals surface area contributed by atoms with Crippen molar-refractivity contribution >= 4 is 40.7 Å². The molecule has 3 rings (SSSR count). The minimum absolute atomic E-state index is 0.00210. The number of rotatable bonds is 5. The molecule has 1 unspecified atom stereocenters. The number of nitrogens with zero attached hydrogens (tertiary/aromatic N) is 3. The van der Waals surface area contributed by atoms with Crippen LogP contribution < -0.4 is 0 Å². The van der Waals surface area contributed by atoms with Crippen LogP contribution in [0.5, 0.6) is 0 Å². The molecule has 7 heteroatoms. The van der Waals surface area contributed by atoms with Gasteiger partial charge in [0.25, 0.3) is 0 Å². The van der Waals surface area contributed by atoms with E-state index < -0.39 is 0 Å². The minimum Gasteiger partial charge on any atom is -0.284 e. The fourth-order valence-electron chi connectivity index (χ4n) is 2.46. The summed E-state index contributed by atoms with van der Waals surface area (Å²) in [6, 6.07) is 13.3. The van der Waals surface area contributed by atoms with Gasteiger partial charge in [0.1, 0.15) is 5.82 Å². The van der Waals surface area contributed by atoms with Gasteiger partial charge in [0, 0.05) is 5.02 Å². The third-order valence-electron chi connectivity index (χ3n) is 3.86. The van der Waals surface area contributed by atoms with Gasteiger partial charge in [-0.05, 0) is 41.8 Å². The van der Waals surface area contributed by atoms with Gasteiger partial charge in [0.2, 0.25) is 5.91 Å². The van der Waals surface area contributed by atoms with E-state index in [1.54, 1.807) is 35.4 Å². The van der Waals surface area contributed by atoms with Crippen LogP contribution in [0.4, 0.5) is 4.39 Å². The van der Waals surface area contributed by atoms with Crippen LogP contribution in [-0.4, -0.2) is 27.4 Å². The van der Waals surface area contributed by atoms with Crippen LogP contribution in [0.25, 0.3) is 0 Å². The molecule has 1 fully saturated rings. The molecule has 134 valence electrons. The molecule has 26 heavy (non-hydrogen) atoms. The van der Waals surface area contributed by atoms with Crippen molar-refractivity contribution in [2.75, 3.05) is 0 Å². The van der Waals surface area contributed by atoms with E-state index in [0.717, 1.165) is 11.1 Å². The predicted octanol–water partition coefficient (Wildman–Crippen LogP) is 4.72. The summed E-state index contributed by atoms with van der Waals surface area (Å²) in [4.78, 5) is 14.2. The van der Waals surface area contributed by atoms with Crippen molar-refractivity contribution in [3.63, 3.8) is 0 Å². The Kier molecular flexibility index (Phi) is 6.06. The molecule has 2 aromatic rings. The molecule has 0 aliphatic carbocycles. The highest BCUT2D eigenvalue weighted by Crippen LogP contribution is 2.30. The maximum absolute atomic E-state index is 13.1. The van der Waals surface area contributed by atoms with Gasteiger partial charge in [0.15, 0.2) is 5.17 Å². The lowest BCUT2D eigenvalue weighted by Gasteiger charge is -2.15. The second-order valence-electron chi connectivity index (χ2n) is 5.74. The number of hydrogen-bond donors (Lipinski definition) is 0. The van der Waals surface area contributed by atoms with E-state index in [9.17, 15) is 9.18 Å². The lowest BCUT2D eigenvalue weighted by molar-refractivity contribution is -0.126. The summed E-state index contributed by atoms with van der Waals surface area (Å²) in [7, 11) is 0. The highest BCUT2D eigenvalue weighted by molar-refractivity contribution is 8.15. The molecule has 0 N–H and O–H groups in total. The van der Waals surface area contributed by atoms with Crippen LogP contribution in [0.3, 0.4) is 0 Å². The average Bonchev–Trinajstić information content (AvgIpc) is 2.94. The SMILES string of the molecule is CCC1S/C(=N/N=C/c2ccc(Cl)cc2)N(Cc2ccc(F)cc2)C1=O. The third-order valence-corrected chi connectivity index (χ3v) is 5.45. The van der Waals surface area contributed by atoms with Gasteiger partial charge in [-0.3, -0.25) is 9.69 Å². The Hall–Kier alpha value is -2.18. The molecule has 1 aliphatic heterocycles. The first kappa shape index (κ1) is 18.6. The molecule has 0 bridgehead atoms. The number of halogens is 2. The van der Waals surface area contributed by atoms with Crippen LogP contribution in [0, 0.1) is 5.82 Å². The van der Waals surface area contributed by atoms with Crippen molar-refractivity contribution in [3.8, 4) is 0 Å². The van der Waals surface area contributed by atoms with Gasteiger partial charge < -0.3 is 0 Å². The molecule has 0 aromatic heterocycles. The van der Waals surface area contributed by atoms with Gasteiger partial charge in [-0.25, -0.2) is 4.39 Å². The topological polar surface area (TPSA) is 45.0 Å². The first-order chi connectivity index (χ1) is 12.6. The predicted molar refractivity (Wildman–Crippen MR) is 105 cm³/mol. The number of hydrogen-bond acceptors (Lipinski definition) is 4. The molecule has 1 amide bonds. The highest BCUT2D eigenvalue weighted by Gasteiger charge is 2.36. The van der Waals surface area contributed by atoms with Crippen molar-refractivity contribution in [3.05, 3.63) is 70.5 Å². The Labute approximate surface area is 160 Å². The lowest BCUT2D eigenvalue weighted by atomic mass is 10.2. The zero-order chi connectivity index (χ0) is 18.5. The van der Waals surface area contributed by atoms with Gasteiger partial charge in [-0.2, -0.15) is 5.10 Å². The van der Waals surface area contributed by atoms with Gasteiger partial charge in [-0.15, -0.1) is 5.10 Å². The van der Waals surface area contributed by atoms with Crippen molar-refractivity contribution in [2.45, 2.75) is 25.1 Å². The first-order valence-corrected chi connectivity index (χ1v) is 9.41. The summed E-state index contributed by atoms with van der Waals surface area (Å²) in [5.41, 5.74) is 1.71. The third kappa shape index (κ3) is 4.51. The van der Waals surface area contributed by atoms with Gasteiger partial charge >= 0.3 is 0 Å². The molecule has 2 aromatic carbocycles. The van der Waals surface area contributed by atoms with Crippen LogP contribution in [0.15, 0.2) is 58.7 Å². The van der Waals surface area contributed by atoms with E-state index in [0.29, 0.717) is 23.2 Å². The fraction of sp³-hybridized carbons (Fsp3) is 0.211. The van der Waals surface area contributed by atoms with Crippen molar-refractivity contribution < 1.29 is 9.18 Å². The van der Waals surface area contributed by atoms with E-state index in [-0.39, 0.29) is 17.0 Å². The summed E-state index contributed by atoms with van der Waals surface area (Å²) in [5.74, 6) is -0.300. The Morgan fingerprint density at radius 1 is 1.19 bits per heavy atom. The highest BCUT2D eigenvalue weighted by atomic mass is 35.5. The zero-order valence-electron chi connectivity index (χ0n) is 14.1. The lowest BCUT2D eigenvalue weighted by Crippen LogP contribution is -2.31. The van der Waals surface area contributed by atoms with E-state index in [4.69, 9.17) is 11.6 Å². The average molecular weight is 390 g/mol. The number of carbonyl (C=O) groups excluding carboxylic acids is 1. The second kappa shape index (κ2) is 8.47. The van der Waals surface area contributed by atoms with Crippen molar-refractivity contribution in [1.29, 1.82) is 0 Å². The van der Waals surface area contributed by atoms with E-state index in [1.807, 2.05) is 19.1 Å². The molecule has 0 radical (unpaired) electrons. The first-order valence-electron chi connectivity index (χ1n) is 8.16. The number of amidine groups is 1. The smallest absolute Gasteiger partial charge is 0.242 e. The summed E-state index contributed by atoms with van der Waals surface area (Å²) >= 11 is 7.26. The zero-order valence-corrected chi connectivity index (χ0v) is 15.7. The van der Waals surface area contributed by atoms with Crippen LogP contribution in [0.2, 0.25) is 5.02 Å². The summed E-state index contributed by atoms with van der Waals surface area (Å²) < 4.78 is 13.1.